The Balaban J connectivity index is 2.72. The first-order valence-corrected chi connectivity index (χ1v) is 9.05. The molecule has 0 atom stereocenters. The molecule has 0 unspecified atom stereocenters. The number of nitrogens with two attached hydrogens (primary N) is 1. The van der Waals surface area contributed by atoms with Crippen LogP contribution < -0.4 is 11.1 Å². The zero-order chi connectivity index (χ0) is 16.1. The van der Waals surface area contributed by atoms with Crippen LogP contribution in [0.2, 0.25) is 0 Å². The first-order chi connectivity index (χ1) is 9.76. The van der Waals surface area contributed by atoms with E-state index in [2.05, 4.69) is 10.4 Å². The molecular weight excluding hydrogens is 292 g/mol. The number of hydrogen-bond donors (Lipinski definition) is 2. The number of sulfone groups is 1. The van der Waals surface area contributed by atoms with Crippen LogP contribution in [0.15, 0.2) is 12.3 Å². The normalized spacial score (nSPS) is 12.4. The van der Waals surface area contributed by atoms with Crippen molar-refractivity contribution in [3.05, 3.63) is 12.3 Å². The van der Waals surface area contributed by atoms with Gasteiger partial charge >= 0.3 is 0 Å². The van der Waals surface area contributed by atoms with Crippen LogP contribution in [0.25, 0.3) is 0 Å². The van der Waals surface area contributed by atoms with Crippen molar-refractivity contribution < 1.29 is 13.2 Å². The molecule has 0 aromatic carbocycles. The molecule has 1 aromatic heterocycles. The van der Waals surface area contributed by atoms with Gasteiger partial charge in [0.1, 0.15) is 9.84 Å². The summed E-state index contributed by atoms with van der Waals surface area (Å²) in [6.07, 6.45) is 4.13. The molecule has 3 N–H and O–H groups in total. The Morgan fingerprint density at radius 1 is 1.43 bits per heavy atom. The Kier molecular flexibility index (Phi) is 5.91. The lowest BCUT2D eigenvalue weighted by molar-refractivity contribution is -0.125. The van der Waals surface area contributed by atoms with Gasteiger partial charge in [-0.05, 0) is 12.8 Å². The zero-order valence-electron chi connectivity index (χ0n) is 12.8. The van der Waals surface area contributed by atoms with Crippen LogP contribution in [-0.2, 0) is 21.2 Å². The van der Waals surface area contributed by atoms with Crippen LogP contribution in [0.1, 0.15) is 26.7 Å². The first-order valence-electron chi connectivity index (χ1n) is 6.99. The average molecular weight is 316 g/mol. The van der Waals surface area contributed by atoms with Crippen molar-refractivity contribution in [2.75, 3.05) is 23.9 Å². The van der Waals surface area contributed by atoms with Crippen LogP contribution in [0.3, 0.4) is 0 Å². The molecule has 0 aliphatic rings. The highest BCUT2D eigenvalue weighted by Crippen LogP contribution is 2.26. The van der Waals surface area contributed by atoms with E-state index in [4.69, 9.17) is 5.73 Å². The first kappa shape index (κ1) is 17.6. The molecule has 7 nitrogen and oxygen atoms in total. The van der Waals surface area contributed by atoms with Gasteiger partial charge in [-0.2, -0.15) is 5.10 Å². The summed E-state index contributed by atoms with van der Waals surface area (Å²) in [7, 11) is -3.04. The maximum absolute atomic E-state index is 12.3. The second kappa shape index (κ2) is 7.04. The van der Waals surface area contributed by atoms with E-state index < -0.39 is 15.3 Å². The minimum Gasteiger partial charge on any atom is -0.329 e. The van der Waals surface area contributed by atoms with Crippen molar-refractivity contribution in [1.82, 2.24) is 9.78 Å². The molecule has 0 aliphatic carbocycles. The van der Waals surface area contributed by atoms with Crippen molar-refractivity contribution in [1.29, 1.82) is 0 Å². The molecule has 0 radical (unpaired) electrons. The lowest BCUT2D eigenvalue weighted by Gasteiger charge is -2.27. The van der Waals surface area contributed by atoms with E-state index in [0.29, 0.717) is 18.7 Å². The number of carbonyl (C=O) groups excluding carboxylic acids is 1. The van der Waals surface area contributed by atoms with Gasteiger partial charge in [-0.25, -0.2) is 8.42 Å². The Bertz CT molecular complexity index is 568. The molecule has 1 amide bonds. The fourth-order valence-corrected chi connectivity index (χ4v) is 2.53. The number of amides is 1. The van der Waals surface area contributed by atoms with Crippen LogP contribution >= 0.6 is 0 Å². The second-order valence-corrected chi connectivity index (χ2v) is 7.50. The topological polar surface area (TPSA) is 107 Å². The third-order valence-electron chi connectivity index (χ3n) is 3.80. The van der Waals surface area contributed by atoms with Gasteiger partial charge in [0, 0.05) is 25.1 Å². The molecular formula is C13H24N4O3S. The standard InChI is InChI=1S/C13H24N4O3S/c1-4-13(5-2,10-14)12(18)15-11-6-7-17(16-11)8-9-21(3,19)20/h6-7H,4-5,8-10,14H2,1-3H3,(H,15,16,18). The van der Waals surface area contributed by atoms with Crippen LogP contribution in [0.4, 0.5) is 5.82 Å². The molecule has 120 valence electrons. The third kappa shape index (κ3) is 4.82. The molecule has 0 fully saturated rings. The number of nitrogens with one attached hydrogen (secondary N) is 1. The van der Waals surface area contributed by atoms with Gasteiger partial charge in [0.15, 0.2) is 5.82 Å². The maximum Gasteiger partial charge on any atom is 0.233 e. The van der Waals surface area contributed by atoms with Crippen LogP contribution in [0.5, 0.6) is 0 Å². The summed E-state index contributed by atoms with van der Waals surface area (Å²) in [6, 6.07) is 1.65. The van der Waals surface area contributed by atoms with Gasteiger partial charge in [0.2, 0.25) is 5.91 Å². The van der Waals surface area contributed by atoms with Crippen molar-refractivity contribution in [3.8, 4) is 0 Å². The molecule has 0 bridgehead atoms. The highest BCUT2D eigenvalue weighted by atomic mass is 32.2. The van der Waals surface area contributed by atoms with Crippen molar-refractivity contribution in [2.24, 2.45) is 11.1 Å². The van der Waals surface area contributed by atoms with E-state index in [0.717, 1.165) is 0 Å². The molecule has 21 heavy (non-hydrogen) atoms. The predicted molar refractivity (Wildman–Crippen MR) is 82.6 cm³/mol. The Hall–Kier alpha value is -1.41. The van der Waals surface area contributed by atoms with E-state index in [1.807, 2.05) is 13.8 Å². The number of carbonyl (C=O) groups is 1. The molecule has 0 saturated heterocycles. The smallest absolute Gasteiger partial charge is 0.233 e. The van der Waals surface area contributed by atoms with Gasteiger partial charge in [-0.3, -0.25) is 9.48 Å². The monoisotopic (exact) mass is 316 g/mol. The number of rotatable bonds is 8. The Morgan fingerprint density at radius 3 is 2.52 bits per heavy atom. The third-order valence-corrected chi connectivity index (χ3v) is 4.72. The average Bonchev–Trinajstić information content (AvgIpc) is 2.86. The number of nitrogens with zero attached hydrogens (tertiary/aromatic N) is 2. The number of aryl methyl sites for hydroxylation is 1. The summed E-state index contributed by atoms with van der Waals surface area (Å²) in [4.78, 5) is 12.3. The van der Waals surface area contributed by atoms with Gasteiger partial charge < -0.3 is 11.1 Å². The highest BCUT2D eigenvalue weighted by molar-refractivity contribution is 7.90. The maximum atomic E-state index is 12.3. The van der Waals surface area contributed by atoms with E-state index >= 15 is 0 Å². The van der Waals surface area contributed by atoms with Gasteiger partial charge in [0.25, 0.3) is 0 Å². The molecule has 1 heterocycles. The van der Waals surface area contributed by atoms with Gasteiger partial charge in [0.05, 0.1) is 17.7 Å². The SMILES string of the molecule is CCC(CC)(CN)C(=O)Nc1ccn(CCS(C)(=O)=O)n1. The minimum absolute atomic E-state index is 0.0126. The zero-order valence-corrected chi connectivity index (χ0v) is 13.6. The summed E-state index contributed by atoms with van der Waals surface area (Å²) in [5, 5.41) is 6.90. The molecule has 1 rings (SSSR count). The summed E-state index contributed by atoms with van der Waals surface area (Å²) in [5.41, 5.74) is 5.14. The molecule has 8 heteroatoms. The second-order valence-electron chi connectivity index (χ2n) is 5.24. The fourth-order valence-electron chi connectivity index (χ4n) is 2.01. The van der Waals surface area contributed by atoms with Crippen molar-refractivity contribution in [3.63, 3.8) is 0 Å². The lowest BCUT2D eigenvalue weighted by Crippen LogP contribution is -2.41. The van der Waals surface area contributed by atoms with Crippen LogP contribution in [-0.4, -0.2) is 42.7 Å². The van der Waals surface area contributed by atoms with E-state index in [1.165, 1.54) is 10.9 Å². The summed E-state index contributed by atoms with van der Waals surface area (Å²) in [6.45, 7) is 4.40. The lowest BCUT2D eigenvalue weighted by atomic mass is 9.81. The van der Waals surface area contributed by atoms with Gasteiger partial charge in [-0.15, -0.1) is 0 Å². The summed E-state index contributed by atoms with van der Waals surface area (Å²) in [5.74, 6) is 0.273. The molecule has 0 saturated carbocycles. The molecule has 0 spiro atoms. The fraction of sp³-hybridized carbons (Fsp3) is 0.692. The van der Waals surface area contributed by atoms with Crippen LogP contribution in [0, 0.1) is 5.41 Å². The number of anilines is 1. The Morgan fingerprint density at radius 2 is 2.05 bits per heavy atom. The number of hydrogen-bond acceptors (Lipinski definition) is 5. The predicted octanol–water partition coefficient (Wildman–Crippen LogP) is 0.631. The Labute approximate surface area is 125 Å². The van der Waals surface area contributed by atoms with E-state index in [-0.39, 0.29) is 24.7 Å². The quantitative estimate of drug-likeness (QED) is 0.731. The van der Waals surface area contributed by atoms with E-state index in [1.54, 1.807) is 12.3 Å². The molecule has 0 aliphatic heterocycles. The minimum atomic E-state index is -3.04. The van der Waals surface area contributed by atoms with Gasteiger partial charge in [-0.1, -0.05) is 13.8 Å². The van der Waals surface area contributed by atoms with Crippen molar-refractivity contribution in [2.45, 2.75) is 33.2 Å². The highest BCUT2D eigenvalue weighted by Gasteiger charge is 2.33. The molecule has 1 aromatic rings. The number of aromatic nitrogens is 2. The van der Waals surface area contributed by atoms with Crippen molar-refractivity contribution >= 4 is 21.6 Å². The summed E-state index contributed by atoms with van der Waals surface area (Å²) < 4.78 is 23.7. The summed E-state index contributed by atoms with van der Waals surface area (Å²) >= 11 is 0. The van der Waals surface area contributed by atoms with E-state index in [9.17, 15) is 13.2 Å². The largest absolute Gasteiger partial charge is 0.329 e.